The first-order chi connectivity index (χ1) is 9.63. The first kappa shape index (κ1) is 13.1. The molecule has 0 aliphatic carbocycles. The van der Waals surface area contributed by atoms with E-state index in [-0.39, 0.29) is 17.3 Å². The Morgan fingerprint density at radius 1 is 1.30 bits per heavy atom. The van der Waals surface area contributed by atoms with Crippen molar-refractivity contribution in [3.05, 3.63) is 51.2 Å². The van der Waals surface area contributed by atoms with Gasteiger partial charge in [0, 0.05) is 11.4 Å². The smallest absolute Gasteiger partial charge is 0.183 e. The number of thiophene rings is 1. The van der Waals surface area contributed by atoms with Gasteiger partial charge >= 0.3 is 0 Å². The predicted octanol–water partition coefficient (Wildman–Crippen LogP) is 4.02. The van der Waals surface area contributed by atoms with Crippen molar-refractivity contribution in [3.8, 4) is 6.07 Å². The minimum Gasteiger partial charge on any atom is -0.362 e. The van der Waals surface area contributed by atoms with E-state index in [1.165, 1.54) is 22.6 Å². The number of hydrogen-bond acceptors (Lipinski definition) is 3. The Morgan fingerprint density at radius 3 is 2.85 bits per heavy atom. The maximum atomic E-state index is 14.1. The van der Waals surface area contributed by atoms with Crippen LogP contribution in [0.15, 0.2) is 23.6 Å². The van der Waals surface area contributed by atoms with Crippen molar-refractivity contribution in [2.45, 2.75) is 19.4 Å². The van der Waals surface area contributed by atoms with Crippen LogP contribution in [-0.4, -0.2) is 6.54 Å². The van der Waals surface area contributed by atoms with E-state index >= 15 is 0 Å². The summed E-state index contributed by atoms with van der Waals surface area (Å²) >= 11 is 1.70. The fourth-order valence-electron chi connectivity index (χ4n) is 2.69. The zero-order chi connectivity index (χ0) is 14.3. The van der Waals surface area contributed by atoms with Gasteiger partial charge in [0.15, 0.2) is 11.6 Å². The molecule has 0 N–H and O–H groups in total. The third kappa shape index (κ3) is 1.88. The highest BCUT2D eigenvalue weighted by atomic mass is 32.1. The van der Waals surface area contributed by atoms with Crippen LogP contribution in [0.4, 0.5) is 14.5 Å². The van der Waals surface area contributed by atoms with Crippen LogP contribution in [0.1, 0.15) is 29.0 Å². The molecule has 0 radical (unpaired) electrons. The summed E-state index contributed by atoms with van der Waals surface area (Å²) in [4.78, 5) is 3.16. The lowest BCUT2D eigenvalue weighted by molar-refractivity contribution is 0.497. The van der Waals surface area contributed by atoms with Crippen molar-refractivity contribution in [3.63, 3.8) is 0 Å². The number of halogens is 2. The largest absolute Gasteiger partial charge is 0.362 e. The molecule has 0 saturated heterocycles. The number of hydrogen-bond donors (Lipinski definition) is 0. The maximum Gasteiger partial charge on any atom is 0.183 e. The minimum absolute atomic E-state index is 0.00633. The van der Waals surface area contributed by atoms with Crippen LogP contribution in [0.3, 0.4) is 0 Å². The summed E-state index contributed by atoms with van der Waals surface area (Å²) in [6.07, 6.45) is 0.832. The zero-order valence-electron chi connectivity index (χ0n) is 10.9. The summed E-state index contributed by atoms with van der Waals surface area (Å²) in [7, 11) is 0. The highest BCUT2D eigenvalue weighted by Crippen LogP contribution is 2.37. The van der Waals surface area contributed by atoms with Gasteiger partial charge in [0.25, 0.3) is 0 Å². The molecule has 1 atom stereocenters. The van der Waals surface area contributed by atoms with Crippen molar-refractivity contribution >= 4 is 17.0 Å². The molecule has 1 aliphatic rings. The molecule has 5 heteroatoms. The second-order valence-corrected chi connectivity index (χ2v) is 5.79. The van der Waals surface area contributed by atoms with E-state index in [0.29, 0.717) is 6.54 Å². The third-order valence-electron chi connectivity index (χ3n) is 3.77. The topological polar surface area (TPSA) is 27.0 Å². The first-order valence-corrected chi connectivity index (χ1v) is 7.22. The molecule has 2 nitrogen and oxygen atoms in total. The SMILES string of the molecule is CC1c2ccsc2CCN1c1ccc(C#N)c(F)c1F. The van der Waals surface area contributed by atoms with Crippen LogP contribution in [0.25, 0.3) is 0 Å². The predicted molar refractivity (Wildman–Crippen MR) is 74.9 cm³/mol. The number of fused-ring (bicyclic) bond motifs is 1. The molecular formula is C15H12F2N2S. The summed E-state index contributed by atoms with van der Waals surface area (Å²) in [5, 5.41) is 10.8. The van der Waals surface area contributed by atoms with Gasteiger partial charge in [-0.3, -0.25) is 0 Å². The van der Waals surface area contributed by atoms with Crippen LogP contribution in [0.5, 0.6) is 0 Å². The molecule has 1 aromatic carbocycles. The molecule has 0 fully saturated rings. The van der Waals surface area contributed by atoms with Crippen molar-refractivity contribution in [1.29, 1.82) is 5.26 Å². The Balaban J connectivity index is 2.03. The molecule has 1 unspecified atom stereocenters. The van der Waals surface area contributed by atoms with Gasteiger partial charge in [-0.15, -0.1) is 11.3 Å². The molecule has 2 heterocycles. The van der Waals surface area contributed by atoms with Gasteiger partial charge in [-0.1, -0.05) is 0 Å². The van der Waals surface area contributed by atoms with Gasteiger partial charge in [-0.2, -0.15) is 5.26 Å². The van der Waals surface area contributed by atoms with Crippen molar-refractivity contribution in [2.24, 2.45) is 0 Å². The number of nitriles is 1. The second kappa shape index (κ2) is 4.88. The molecule has 0 saturated carbocycles. The molecule has 0 spiro atoms. The molecule has 2 aromatic rings. The van der Waals surface area contributed by atoms with E-state index in [4.69, 9.17) is 5.26 Å². The van der Waals surface area contributed by atoms with Gasteiger partial charge in [-0.05, 0) is 42.5 Å². The molecule has 1 aliphatic heterocycles. The van der Waals surface area contributed by atoms with E-state index < -0.39 is 11.6 Å². The molecule has 102 valence electrons. The van der Waals surface area contributed by atoms with Crippen LogP contribution in [-0.2, 0) is 6.42 Å². The van der Waals surface area contributed by atoms with Crippen molar-refractivity contribution < 1.29 is 8.78 Å². The average molecular weight is 290 g/mol. The van der Waals surface area contributed by atoms with Crippen LogP contribution in [0.2, 0.25) is 0 Å². The Bertz CT molecular complexity index is 702. The molecular weight excluding hydrogens is 278 g/mol. The quantitative estimate of drug-likeness (QED) is 0.793. The lowest BCUT2D eigenvalue weighted by Crippen LogP contribution is -2.33. The third-order valence-corrected chi connectivity index (χ3v) is 4.77. The Labute approximate surface area is 119 Å². The van der Waals surface area contributed by atoms with Gasteiger partial charge < -0.3 is 4.90 Å². The van der Waals surface area contributed by atoms with Crippen LogP contribution >= 0.6 is 11.3 Å². The molecule has 3 rings (SSSR count). The van der Waals surface area contributed by atoms with Crippen molar-refractivity contribution in [1.82, 2.24) is 0 Å². The van der Waals surface area contributed by atoms with E-state index in [1.807, 2.05) is 23.3 Å². The van der Waals surface area contributed by atoms with Crippen molar-refractivity contribution in [2.75, 3.05) is 11.4 Å². The number of anilines is 1. The van der Waals surface area contributed by atoms with E-state index in [0.717, 1.165) is 6.42 Å². The molecule has 1 aromatic heterocycles. The van der Waals surface area contributed by atoms with Gasteiger partial charge in [0.2, 0.25) is 0 Å². The lowest BCUT2D eigenvalue weighted by atomic mass is 10.00. The number of rotatable bonds is 1. The van der Waals surface area contributed by atoms with Gasteiger partial charge in [-0.25, -0.2) is 8.78 Å². The van der Waals surface area contributed by atoms with E-state index in [2.05, 4.69) is 0 Å². The van der Waals surface area contributed by atoms with Gasteiger partial charge in [0.05, 0.1) is 17.3 Å². The van der Waals surface area contributed by atoms with E-state index in [9.17, 15) is 8.78 Å². The summed E-state index contributed by atoms with van der Waals surface area (Å²) in [6.45, 7) is 2.64. The standard InChI is InChI=1S/C15H12F2N2S/c1-9-11-5-7-20-13(11)4-6-19(9)12-3-2-10(8-18)14(16)15(12)17/h2-3,5,7,9H,4,6H2,1H3. The maximum absolute atomic E-state index is 14.1. The summed E-state index contributed by atoms with van der Waals surface area (Å²) in [5.74, 6) is -2.00. The summed E-state index contributed by atoms with van der Waals surface area (Å²) in [5.41, 5.74) is 1.14. The lowest BCUT2D eigenvalue weighted by Gasteiger charge is -2.35. The number of benzene rings is 1. The Morgan fingerprint density at radius 2 is 2.10 bits per heavy atom. The Hall–Kier alpha value is -1.93. The minimum atomic E-state index is -1.06. The molecule has 0 bridgehead atoms. The fraction of sp³-hybridized carbons (Fsp3) is 0.267. The van der Waals surface area contributed by atoms with Crippen LogP contribution < -0.4 is 4.90 Å². The monoisotopic (exact) mass is 290 g/mol. The van der Waals surface area contributed by atoms with Crippen LogP contribution in [0, 0.1) is 23.0 Å². The fourth-order valence-corrected chi connectivity index (χ4v) is 3.65. The molecule has 20 heavy (non-hydrogen) atoms. The summed E-state index contributed by atoms with van der Waals surface area (Å²) < 4.78 is 27.9. The second-order valence-electron chi connectivity index (χ2n) is 4.79. The number of nitrogens with zero attached hydrogens (tertiary/aromatic N) is 2. The normalized spacial score (nSPS) is 17.7. The molecule has 0 amide bonds. The Kier molecular flexibility index (Phi) is 3.19. The van der Waals surface area contributed by atoms with Gasteiger partial charge in [0.1, 0.15) is 6.07 Å². The first-order valence-electron chi connectivity index (χ1n) is 6.34. The highest BCUT2D eigenvalue weighted by molar-refractivity contribution is 7.10. The van der Waals surface area contributed by atoms with E-state index in [1.54, 1.807) is 17.4 Å². The highest BCUT2D eigenvalue weighted by Gasteiger charge is 2.28. The zero-order valence-corrected chi connectivity index (χ0v) is 11.7. The average Bonchev–Trinajstić information content (AvgIpc) is 2.92. The summed E-state index contributed by atoms with van der Waals surface area (Å²) in [6, 6.07) is 6.53.